The van der Waals surface area contributed by atoms with Gasteiger partial charge in [0.1, 0.15) is 0 Å². The van der Waals surface area contributed by atoms with Gasteiger partial charge in [-0.05, 0) is 35.8 Å². The van der Waals surface area contributed by atoms with Crippen molar-refractivity contribution in [3.63, 3.8) is 0 Å². The van der Waals surface area contributed by atoms with Crippen LogP contribution in [-0.2, 0) is 6.54 Å². The van der Waals surface area contributed by atoms with Gasteiger partial charge in [0.25, 0.3) is 0 Å². The molecule has 0 aliphatic heterocycles. The lowest BCUT2D eigenvalue weighted by Gasteiger charge is -2.31. The van der Waals surface area contributed by atoms with Gasteiger partial charge in [0.05, 0.1) is 18.3 Å². The fourth-order valence-electron chi connectivity index (χ4n) is 2.63. The van der Waals surface area contributed by atoms with E-state index in [1.165, 1.54) is 0 Å². The Hall–Kier alpha value is -1.85. The van der Waals surface area contributed by atoms with Crippen LogP contribution in [0.15, 0.2) is 47.2 Å². The van der Waals surface area contributed by atoms with Gasteiger partial charge in [0.15, 0.2) is 0 Å². The number of nitrogens with one attached hydrogen (secondary N) is 1. The van der Waals surface area contributed by atoms with Crippen LogP contribution in [-0.4, -0.2) is 28.7 Å². The number of benzene rings is 1. The quantitative estimate of drug-likeness (QED) is 0.856. The van der Waals surface area contributed by atoms with Gasteiger partial charge >= 0.3 is 6.03 Å². The number of urea groups is 1. The Morgan fingerprint density at radius 1 is 1.32 bits per heavy atom. The van der Waals surface area contributed by atoms with E-state index >= 15 is 0 Å². The number of hydrogen-bond donors (Lipinski definition) is 2. The first-order chi connectivity index (χ1) is 10.8. The van der Waals surface area contributed by atoms with Gasteiger partial charge in [-0.2, -0.15) is 11.3 Å². The summed E-state index contributed by atoms with van der Waals surface area (Å²) in [6.07, 6.45) is 2.17. The highest BCUT2D eigenvalue weighted by atomic mass is 32.1. The van der Waals surface area contributed by atoms with Crippen molar-refractivity contribution in [3.8, 4) is 0 Å². The highest BCUT2D eigenvalue weighted by Crippen LogP contribution is 2.36. The van der Waals surface area contributed by atoms with Crippen LogP contribution in [0.25, 0.3) is 0 Å². The van der Waals surface area contributed by atoms with Gasteiger partial charge in [-0.3, -0.25) is 0 Å². The second-order valence-corrected chi connectivity index (χ2v) is 6.42. The molecule has 1 aliphatic carbocycles. The highest BCUT2D eigenvalue weighted by molar-refractivity contribution is 7.08. The van der Waals surface area contributed by atoms with E-state index in [1.54, 1.807) is 16.2 Å². The lowest BCUT2D eigenvalue weighted by atomic mass is 10.1. The zero-order valence-corrected chi connectivity index (χ0v) is 13.1. The Morgan fingerprint density at radius 2 is 2.09 bits per heavy atom. The molecule has 2 amide bonds. The van der Waals surface area contributed by atoms with E-state index in [0.717, 1.165) is 24.1 Å². The van der Waals surface area contributed by atoms with E-state index in [0.29, 0.717) is 12.5 Å². The maximum Gasteiger partial charge on any atom is 0.322 e. The highest BCUT2D eigenvalue weighted by Gasteiger charge is 2.37. The number of rotatable bonds is 6. The molecule has 1 unspecified atom stereocenters. The Morgan fingerprint density at radius 3 is 2.68 bits per heavy atom. The average molecular weight is 316 g/mol. The van der Waals surface area contributed by atoms with Crippen LogP contribution in [0.2, 0.25) is 0 Å². The van der Waals surface area contributed by atoms with E-state index in [1.807, 2.05) is 47.2 Å². The maximum atomic E-state index is 12.7. The molecule has 4 nitrogen and oxygen atoms in total. The SMILES string of the molecule is O=C(Nc1ccsc1)N(Cc1ccccc1)C(CO)C1CC1. The molecular formula is C17H20N2O2S. The molecule has 22 heavy (non-hydrogen) atoms. The number of thiophene rings is 1. The molecule has 1 fully saturated rings. The molecule has 1 aliphatic rings. The van der Waals surface area contributed by atoms with Crippen molar-refractivity contribution >= 4 is 23.1 Å². The number of hydrogen-bond acceptors (Lipinski definition) is 3. The molecule has 1 aromatic carbocycles. The molecule has 3 rings (SSSR count). The van der Waals surface area contributed by atoms with Crippen LogP contribution in [0.4, 0.5) is 10.5 Å². The van der Waals surface area contributed by atoms with Crippen molar-refractivity contribution in [1.29, 1.82) is 0 Å². The molecular weight excluding hydrogens is 296 g/mol. The summed E-state index contributed by atoms with van der Waals surface area (Å²) in [7, 11) is 0. The maximum absolute atomic E-state index is 12.7. The minimum Gasteiger partial charge on any atom is -0.394 e. The molecule has 116 valence electrons. The zero-order chi connectivity index (χ0) is 15.4. The van der Waals surface area contributed by atoms with Gasteiger partial charge in [-0.15, -0.1) is 0 Å². The third-order valence-corrected chi connectivity index (χ3v) is 4.67. The fraction of sp³-hybridized carbons (Fsp3) is 0.353. The van der Waals surface area contributed by atoms with Gasteiger partial charge in [0, 0.05) is 11.9 Å². The van der Waals surface area contributed by atoms with E-state index in [9.17, 15) is 9.90 Å². The summed E-state index contributed by atoms with van der Waals surface area (Å²) in [6, 6.07) is 11.5. The van der Waals surface area contributed by atoms with Gasteiger partial charge < -0.3 is 15.3 Å². The first-order valence-electron chi connectivity index (χ1n) is 7.52. The smallest absolute Gasteiger partial charge is 0.322 e. The van der Waals surface area contributed by atoms with Gasteiger partial charge in [-0.1, -0.05) is 30.3 Å². The first-order valence-corrected chi connectivity index (χ1v) is 8.47. The van der Waals surface area contributed by atoms with Crippen molar-refractivity contribution in [2.75, 3.05) is 11.9 Å². The van der Waals surface area contributed by atoms with Crippen LogP contribution >= 0.6 is 11.3 Å². The number of carbonyl (C=O) groups excluding carboxylic acids is 1. The van der Waals surface area contributed by atoms with E-state index in [4.69, 9.17) is 0 Å². The topological polar surface area (TPSA) is 52.6 Å². The van der Waals surface area contributed by atoms with Crippen molar-refractivity contribution in [3.05, 3.63) is 52.7 Å². The predicted octanol–water partition coefficient (Wildman–Crippen LogP) is 3.55. The third-order valence-electron chi connectivity index (χ3n) is 3.98. The fourth-order valence-corrected chi connectivity index (χ4v) is 3.22. The molecule has 0 bridgehead atoms. The summed E-state index contributed by atoms with van der Waals surface area (Å²) in [4.78, 5) is 14.4. The minimum atomic E-state index is -0.145. The number of carbonyl (C=O) groups is 1. The van der Waals surface area contributed by atoms with E-state index < -0.39 is 0 Å². The molecule has 0 saturated heterocycles. The Labute approximate surface area is 134 Å². The molecule has 2 aromatic rings. The predicted molar refractivity (Wildman–Crippen MR) is 88.9 cm³/mol. The first kappa shape index (κ1) is 15.1. The molecule has 5 heteroatoms. The minimum absolute atomic E-state index is 0.00849. The Balaban J connectivity index is 1.76. The zero-order valence-electron chi connectivity index (χ0n) is 12.3. The van der Waals surface area contributed by atoms with E-state index in [2.05, 4.69) is 5.32 Å². The van der Waals surface area contributed by atoms with Crippen molar-refractivity contribution in [1.82, 2.24) is 4.90 Å². The summed E-state index contributed by atoms with van der Waals surface area (Å²) in [5.74, 6) is 0.418. The number of amides is 2. The largest absolute Gasteiger partial charge is 0.394 e. The molecule has 1 saturated carbocycles. The number of aliphatic hydroxyl groups is 1. The second-order valence-electron chi connectivity index (χ2n) is 5.64. The second kappa shape index (κ2) is 6.94. The van der Waals surface area contributed by atoms with Gasteiger partial charge in [0.2, 0.25) is 0 Å². The summed E-state index contributed by atoms with van der Waals surface area (Å²) in [5.41, 5.74) is 1.88. The van der Waals surface area contributed by atoms with Gasteiger partial charge in [-0.25, -0.2) is 4.79 Å². The number of anilines is 1. The van der Waals surface area contributed by atoms with Crippen LogP contribution in [0, 0.1) is 5.92 Å². The van der Waals surface area contributed by atoms with Crippen molar-refractivity contribution < 1.29 is 9.90 Å². The molecule has 1 atom stereocenters. The Bertz CT molecular complexity index is 596. The molecule has 0 radical (unpaired) electrons. The standard InChI is InChI=1S/C17H20N2O2S/c20-11-16(14-6-7-14)19(10-13-4-2-1-3-5-13)17(21)18-15-8-9-22-12-15/h1-5,8-9,12,14,16,20H,6-7,10-11H2,(H,18,21). The molecule has 1 heterocycles. The average Bonchev–Trinajstić information content (AvgIpc) is 3.25. The summed E-state index contributed by atoms with van der Waals surface area (Å²) in [5, 5.41) is 16.5. The van der Waals surface area contributed by atoms with Crippen LogP contribution in [0.5, 0.6) is 0 Å². The summed E-state index contributed by atoms with van der Waals surface area (Å²) in [6.45, 7) is 0.521. The van der Waals surface area contributed by atoms with E-state index in [-0.39, 0.29) is 18.7 Å². The number of nitrogens with zero attached hydrogens (tertiary/aromatic N) is 1. The lowest BCUT2D eigenvalue weighted by Crippen LogP contribution is -2.45. The summed E-state index contributed by atoms with van der Waals surface area (Å²) < 4.78 is 0. The van der Waals surface area contributed by atoms with Crippen LogP contribution in [0.3, 0.4) is 0 Å². The normalized spacial score (nSPS) is 15.3. The Kier molecular flexibility index (Phi) is 4.75. The molecule has 0 spiro atoms. The lowest BCUT2D eigenvalue weighted by molar-refractivity contribution is 0.124. The molecule has 2 N–H and O–H groups in total. The van der Waals surface area contributed by atoms with Crippen LogP contribution < -0.4 is 5.32 Å². The van der Waals surface area contributed by atoms with Crippen molar-refractivity contribution in [2.45, 2.75) is 25.4 Å². The van der Waals surface area contributed by atoms with Crippen molar-refractivity contribution in [2.24, 2.45) is 5.92 Å². The monoisotopic (exact) mass is 316 g/mol. The van der Waals surface area contributed by atoms with Crippen LogP contribution in [0.1, 0.15) is 18.4 Å². The molecule has 1 aromatic heterocycles. The number of aliphatic hydroxyl groups excluding tert-OH is 1. The third kappa shape index (κ3) is 3.67. The summed E-state index contributed by atoms with van der Waals surface area (Å²) >= 11 is 1.55.